The number of thioether (sulfide) groups is 1. The molecule has 0 aromatic carbocycles. The molecule has 100 valence electrons. The van der Waals surface area contributed by atoms with E-state index >= 15 is 0 Å². The molecule has 2 unspecified atom stereocenters. The van der Waals surface area contributed by atoms with Crippen LogP contribution < -0.4 is 5.32 Å². The zero-order valence-corrected chi connectivity index (χ0v) is 12.3. The van der Waals surface area contributed by atoms with Gasteiger partial charge in [-0.25, -0.2) is 0 Å². The smallest absolute Gasteiger partial charge is 0.237 e. The van der Waals surface area contributed by atoms with Gasteiger partial charge < -0.3 is 10.4 Å². The second-order valence-corrected chi connectivity index (χ2v) is 7.07. The Labute approximate surface area is 116 Å². The molecule has 1 amide bonds. The van der Waals surface area contributed by atoms with Gasteiger partial charge >= 0.3 is 0 Å². The number of carbonyl (C=O) groups is 1. The van der Waals surface area contributed by atoms with Gasteiger partial charge in [0.1, 0.15) is 5.25 Å². The zero-order valence-electron chi connectivity index (χ0n) is 10.7. The number of hydrogen-bond acceptors (Lipinski definition) is 4. The van der Waals surface area contributed by atoms with Crippen LogP contribution in [0.15, 0.2) is 11.4 Å². The van der Waals surface area contributed by atoms with Gasteiger partial charge in [-0.15, -0.1) is 23.1 Å². The van der Waals surface area contributed by atoms with Crippen molar-refractivity contribution in [2.45, 2.75) is 31.6 Å². The van der Waals surface area contributed by atoms with Crippen molar-refractivity contribution >= 4 is 29.0 Å². The van der Waals surface area contributed by atoms with Crippen molar-refractivity contribution in [3.63, 3.8) is 0 Å². The SMILES string of the molecule is CC(C)C(O)CNC(=O)C1SCCc2sccc21. The predicted octanol–water partition coefficient (Wildman–Crippen LogP) is 2.21. The average molecular weight is 285 g/mol. The molecule has 1 aromatic rings. The minimum Gasteiger partial charge on any atom is -0.391 e. The second kappa shape index (κ2) is 6.08. The third-order valence-corrected chi connectivity index (χ3v) is 5.41. The molecular formula is C13H19NO2S2. The minimum atomic E-state index is -0.468. The van der Waals surface area contributed by atoms with E-state index in [0.29, 0.717) is 6.54 Å². The first-order chi connectivity index (χ1) is 8.59. The van der Waals surface area contributed by atoms with Gasteiger partial charge in [0, 0.05) is 11.4 Å². The lowest BCUT2D eigenvalue weighted by Gasteiger charge is -2.23. The molecule has 0 radical (unpaired) electrons. The maximum atomic E-state index is 12.1. The van der Waals surface area contributed by atoms with Crippen LogP contribution in [0.4, 0.5) is 0 Å². The maximum Gasteiger partial charge on any atom is 0.237 e. The van der Waals surface area contributed by atoms with Crippen LogP contribution in [0.3, 0.4) is 0 Å². The van der Waals surface area contributed by atoms with Gasteiger partial charge in [-0.2, -0.15) is 0 Å². The third-order valence-electron chi connectivity index (χ3n) is 3.17. The highest BCUT2D eigenvalue weighted by molar-refractivity contribution is 8.00. The molecule has 1 aliphatic rings. The molecule has 2 rings (SSSR count). The Morgan fingerprint density at radius 3 is 3.11 bits per heavy atom. The largest absolute Gasteiger partial charge is 0.391 e. The van der Waals surface area contributed by atoms with E-state index in [9.17, 15) is 9.90 Å². The highest BCUT2D eigenvalue weighted by Gasteiger charge is 2.28. The average Bonchev–Trinajstić information content (AvgIpc) is 2.83. The lowest BCUT2D eigenvalue weighted by atomic mass is 10.1. The molecular weight excluding hydrogens is 266 g/mol. The zero-order chi connectivity index (χ0) is 13.1. The van der Waals surface area contributed by atoms with Gasteiger partial charge in [-0.05, 0) is 35.1 Å². The van der Waals surface area contributed by atoms with Gasteiger partial charge in [0.25, 0.3) is 0 Å². The summed E-state index contributed by atoms with van der Waals surface area (Å²) in [7, 11) is 0. The van der Waals surface area contributed by atoms with Crippen LogP contribution in [0, 0.1) is 5.92 Å². The van der Waals surface area contributed by atoms with E-state index in [2.05, 4.69) is 16.8 Å². The fourth-order valence-corrected chi connectivity index (χ4v) is 4.21. The molecule has 5 heteroatoms. The normalized spacial score (nSPS) is 20.6. The van der Waals surface area contributed by atoms with E-state index < -0.39 is 6.10 Å². The van der Waals surface area contributed by atoms with Crippen LogP contribution in [0.1, 0.15) is 29.5 Å². The van der Waals surface area contributed by atoms with Crippen LogP contribution in [0.25, 0.3) is 0 Å². The number of aliphatic hydroxyl groups excluding tert-OH is 1. The number of thiophene rings is 1. The molecule has 1 aliphatic heterocycles. The number of nitrogens with one attached hydrogen (secondary N) is 1. The van der Waals surface area contributed by atoms with E-state index in [1.807, 2.05) is 13.8 Å². The van der Waals surface area contributed by atoms with Crippen molar-refractivity contribution in [2.24, 2.45) is 5.92 Å². The van der Waals surface area contributed by atoms with Crippen molar-refractivity contribution in [1.82, 2.24) is 5.32 Å². The molecule has 3 nitrogen and oxygen atoms in total. The lowest BCUT2D eigenvalue weighted by molar-refractivity contribution is -0.121. The van der Waals surface area contributed by atoms with E-state index in [1.165, 1.54) is 4.88 Å². The number of aryl methyl sites for hydroxylation is 1. The van der Waals surface area contributed by atoms with Gasteiger partial charge in [0.2, 0.25) is 5.91 Å². The van der Waals surface area contributed by atoms with Crippen molar-refractivity contribution < 1.29 is 9.90 Å². The number of rotatable bonds is 4. The van der Waals surface area contributed by atoms with Gasteiger partial charge in [0.05, 0.1) is 6.10 Å². The highest BCUT2D eigenvalue weighted by atomic mass is 32.2. The first-order valence-corrected chi connectivity index (χ1v) is 8.16. The molecule has 0 saturated heterocycles. The fourth-order valence-electron chi connectivity index (χ4n) is 1.90. The minimum absolute atomic E-state index is 0.0269. The van der Waals surface area contributed by atoms with Crippen molar-refractivity contribution in [2.75, 3.05) is 12.3 Å². The molecule has 0 fully saturated rings. The van der Waals surface area contributed by atoms with Gasteiger partial charge in [-0.1, -0.05) is 13.8 Å². The third kappa shape index (κ3) is 3.08. The number of carbonyl (C=O) groups excluding carboxylic acids is 1. The van der Waals surface area contributed by atoms with Crippen LogP contribution in [0.2, 0.25) is 0 Å². The van der Waals surface area contributed by atoms with Crippen molar-refractivity contribution in [3.8, 4) is 0 Å². The van der Waals surface area contributed by atoms with Gasteiger partial charge in [0.15, 0.2) is 0 Å². The van der Waals surface area contributed by atoms with Crippen LogP contribution in [0.5, 0.6) is 0 Å². The summed E-state index contributed by atoms with van der Waals surface area (Å²) in [5, 5.41) is 14.5. The lowest BCUT2D eigenvalue weighted by Crippen LogP contribution is -2.37. The van der Waals surface area contributed by atoms with Crippen molar-refractivity contribution in [1.29, 1.82) is 0 Å². The summed E-state index contributed by atoms with van der Waals surface area (Å²) in [6.07, 6.45) is 0.597. The molecule has 2 N–H and O–H groups in total. The van der Waals surface area contributed by atoms with E-state index in [4.69, 9.17) is 0 Å². The van der Waals surface area contributed by atoms with Crippen molar-refractivity contribution in [3.05, 3.63) is 21.9 Å². The van der Waals surface area contributed by atoms with E-state index in [1.54, 1.807) is 23.1 Å². The summed E-state index contributed by atoms with van der Waals surface area (Å²) in [6, 6.07) is 2.05. The van der Waals surface area contributed by atoms with E-state index in [0.717, 1.165) is 17.7 Å². The Hall–Kier alpha value is -0.520. The molecule has 2 atom stereocenters. The summed E-state index contributed by atoms with van der Waals surface area (Å²) in [4.78, 5) is 13.5. The Kier molecular flexibility index (Phi) is 4.70. The monoisotopic (exact) mass is 285 g/mol. The number of fused-ring (bicyclic) bond motifs is 1. The first-order valence-electron chi connectivity index (χ1n) is 6.23. The first kappa shape index (κ1) is 13.9. The molecule has 2 heterocycles. The summed E-state index contributed by atoms with van der Waals surface area (Å²) < 4.78 is 0. The summed E-state index contributed by atoms with van der Waals surface area (Å²) in [5.74, 6) is 1.19. The summed E-state index contributed by atoms with van der Waals surface area (Å²) >= 11 is 3.42. The van der Waals surface area contributed by atoms with Gasteiger partial charge in [-0.3, -0.25) is 4.79 Å². The highest BCUT2D eigenvalue weighted by Crippen LogP contribution is 2.39. The summed E-state index contributed by atoms with van der Waals surface area (Å²) in [6.45, 7) is 4.24. The quantitative estimate of drug-likeness (QED) is 0.892. The number of aliphatic hydroxyl groups is 1. The topological polar surface area (TPSA) is 49.3 Å². The predicted molar refractivity (Wildman–Crippen MR) is 77.1 cm³/mol. The molecule has 0 saturated carbocycles. The molecule has 18 heavy (non-hydrogen) atoms. The van der Waals surface area contributed by atoms with Crippen LogP contribution >= 0.6 is 23.1 Å². The van der Waals surface area contributed by atoms with E-state index in [-0.39, 0.29) is 17.1 Å². The van der Waals surface area contributed by atoms with Crippen LogP contribution in [-0.2, 0) is 11.2 Å². The molecule has 1 aromatic heterocycles. The Bertz CT molecular complexity index is 417. The standard InChI is InChI=1S/C13H19NO2S2/c1-8(2)10(15)7-14-13(16)12-9-3-5-17-11(9)4-6-18-12/h3,5,8,10,12,15H,4,6-7H2,1-2H3,(H,14,16). The Balaban J connectivity index is 1.95. The van der Waals surface area contributed by atoms with Crippen LogP contribution in [-0.4, -0.2) is 29.4 Å². The maximum absolute atomic E-state index is 12.1. The second-order valence-electron chi connectivity index (χ2n) is 4.86. The summed E-state index contributed by atoms with van der Waals surface area (Å²) in [5.41, 5.74) is 1.16. The number of amides is 1. The Morgan fingerprint density at radius 2 is 2.39 bits per heavy atom. The fraction of sp³-hybridized carbons (Fsp3) is 0.615. The molecule has 0 bridgehead atoms. The molecule has 0 aliphatic carbocycles. The molecule has 0 spiro atoms. The Morgan fingerprint density at radius 1 is 1.61 bits per heavy atom. The number of hydrogen-bond donors (Lipinski definition) is 2.